The van der Waals surface area contributed by atoms with Crippen molar-refractivity contribution in [1.29, 1.82) is 5.26 Å². The number of carbonyl (C=O) groups is 2. The summed E-state index contributed by atoms with van der Waals surface area (Å²) in [5.41, 5.74) is 1.81. The Bertz CT molecular complexity index is 1130. The lowest BCUT2D eigenvalue weighted by Crippen LogP contribution is -2.53. The van der Waals surface area contributed by atoms with Crippen molar-refractivity contribution < 1.29 is 19.1 Å². The topological polar surface area (TPSA) is 91.7 Å². The molecule has 156 valence electrons. The normalized spacial score (nSPS) is 14.8. The molecule has 0 saturated carbocycles. The fraction of sp³-hybridized carbons (Fsp3) is 0.130. The van der Waals surface area contributed by atoms with Gasteiger partial charge in [-0.05, 0) is 42.1 Å². The molecule has 7 nitrogen and oxygen atoms in total. The lowest BCUT2D eigenvalue weighted by molar-refractivity contribution is -0.128. The third-order valence-electron chi connectivity index (χ3n) is 4.52. The summed E-state index contributed by atoms with van der Waals surface area (Å²) in [4.78, 5) is 26.2. The fourth-order valence-corrected chi connectivity index (χ4v) is 3.21. The molecule has 0 unspecified atom stereocenters. The van der Waals surface area contributed by atoms with Crippen LogP contribution in [0.25, 0.3) is 6.08 Å². The number of thiocarbonyl (C=S) groups is 1. The van der Waals surface area contributed by atoms with Crippen LogP contribution in [0.1, 0.15) is 16.7 Å². The molecule has 1 saturated heterocycles. The maximum atomic E-state index is 12.7. The molecular formula is C23H19N3O4S. The molecule has 3 rings (SSSR count). The maximum Gasteiger partial charge on any atom is 0.265 e. The van der Waals surface area contributed by atoms with Gasteiger partial charge in [0.05, 0.1) is 18.7 Å². The molecule has 0 radical (unpaired) electrons. The number of methoxy groups -OCH3 is 1. The van der Waals surface area contributed by atoms with E-state index in [1.54, 1.807) is 30.3 Å². The van der Waals surface area contributed by atoms with E-state index in [0.717, 1.165) is 5.56 Å². The van der Waals surface area contributed by atoms with Gasteiger partial charge in [0.1, 0.15) is 12.2 Å². The van der Waals surface area contributed by atoms with E-state index in [9.17, 15) is 14.9 Å². The average molecular weight is 433 g/mol. The van der Waals surface area contributed by atoms with Gasteiger partial charge in [-0.3, -0.25) is 19.8 Å². The zero-order chi connectivity index (χ0) is 22.4. The number of nitrogens with one attached hydrogen (secondary N) is 1. The first-order valence-electron chi connectivity index (χ1n) is 9.27. The first-order valence-corrected chi connectivity index (χ1v) is 9.68. The predicted octanol–water partition coefficient (Wildman–Crippen LogP) is 2.96. The number of nitriles is 1. The molecule has 2 aromatic rings. The Morgan fingerprint density at radius 3 is 2.71 bits per heavy atom. The number of benzene rings is 2. The molecule has 0 aromatic heterocycles. The molecule has 1 aliphatic rings. The highest BCUT2D eigenvalue weighted by atomic mass is 32.1. The Kier molecular flexibility index (Phi) is 6.80. The SMILES string of the molecule is C=CCN1C(=O)C(=Cc2ccc(OCc3ccccc3C#N)c(OC)c2)C(=O)NC1=S. The van der Waals surface area contributed by atoms with Crippen LogP contribution in [0.3, 0.4) is 0 Å². The fourth-order valence-electron chi connectivity index (χ4n) is 2.96. The van der Waals surface area contributed by atoms with E-state index in [2.05, 4.69) is 18.0 Å². The predicted molar refractivity (Wildman–Crippen MR) is 119 cm³/mol. The summed E-state index contributed by atoms with van der Waals surface area (Å²) >= 11 is 5.05. The molecule has 0 bridgehead atoms. The molecule has 2 amide bonds. The van der Waals surface area contributed by atoms with E-state index >= 15 is 0 Å². The van der Waals surface area contributed by atoms with E-state index in [1.165, 1.54) is 24.2 Å². The summed E-state index contributed by atoms with van der Waals surface area (Å²) in [6.45, 7) is 3.98. The zero-order valence-corrected chi connectivity index (χ0v) is 17.6. The van der Waals surface area contributed by atoms with Gasteiger partial charge in [0, 0.05) is 12.1 Å². The van der Waals surface area contributed by atoms with Crippen molar-refractivity contribution in [2.24, 2.45) is 0 Å². The van der Waals surface area contributed by atoms with Crippen molar-refractivity contribution in [3.63, 3.8) is 0 Å². The molecule has 0 aliphatic carbocycles. The first kappa shape index (κ1) is 21.7. The quantitative estimate of drug-likeness (QED) is 0.312. The van der Waals surface area contributed by atoms with Crippen molar-refractivity contribution in [3.8, 4) is 17.6 Å². The third kappa shape index (κ3) is 4.79. The molecule has 8 heteroatoms. The van der Waals surface area contributed by atoms with E-state index in [-0.39, 0.29) is 23.8 Å². The van der Waals surface area contributed by atoms with Gasteiger partial charge >= 0.3 is 0 Å². The van der Waals surface area contributed by atoms with E-state index in [4.69, 9.17) is 21.7 Å². The monoisotopic (exact) mass is 433 g/mol. The van der Waals surface area contributed by atoms with Crippen LogP contribution in [-0.2, 0) is 16.2 Å². The summed E-state index contributed by atoms with van der Waals surface area (Å²) in [5.74, 6) is -0.180. The van der Waals surface area contributed by atoms with E-state index in [1.807, 2.05) is 12.1 Å². The van der Waals surface area contributed by atoms with Crippen LogP contribution >= 0.6 is 12.2 Å². The summed E-state index contributed by atoms with van der Waals surface area (Å²) in [6, 6.07) is 14.3. The number of amides is 2. The van der Waals surface area contributed by atoms with Gasteiger partial charge < -0.3 is 9.47 Å². The summed E-state index contributed by atoms with van der Waals surface area (Å²) in [7, 11) is 1.49. The van der Waals surface area contributed by atoms with E-state index in [0.29, 0.717) is 22.6 Å². The zero-order valence-electron chi connectivity index (χ0n) is 16.8. The molecule has 2 aromatic carbocycles. The van der Waals surface area contributed by atoms with Gasteiger partial charge in [0.2, 0.25) is 0 Å². The van der Waals surface area contributed by atoms with Gasteiger partial charge in [0.15, 0.2) is 16.6 Å². The minimum absolute atomic E-state index is 0.0471. The highest BCUT2D eigenvalue weighted by molar-refractivity contribution is 7.80. The van der Waals surface area contributed by atoms with Crippen molar-refractivity contribution in [2.45, 2.75) is 6.61 Å². The van der Waals surface area contributed by atoms with Crippen LogP contribution in [0, 0.1) is 11.3 Å². The number of hydrogen-bond donors (Lipinski definition) is 1. The number of nitrogens with zero attached hydrogens (tertiary/aromatic N) is 2. The van der Waals surface area contributed by atoms with Gasteiger partial charge in [-0.1, -0.05) is 30.3 Å². The number of ether oxygens (including phenoxy) is 2. The Morgan fingerprint density at radius 1 is 1.23 bits per heavy atom. The molecular weight excluding hydrogens is 414 g/mol. The molecule has 0 spiro atoms. The average Bonchev–Trinajstić information content (AvgIpc) is 2.78. The van der Waals surface area contributed by atoms with Crippen molar-refractivity contribution in [3.05, 3.63) is 77.4 Å². The highest BCUT2D eigenvalue weighted by Crippen LogP contribution is 2.30. The molecule has 31 heavy (non-hydrogen) atoms. The van der Waals surface area contributed by atoms with Gasteiger partial charge in [-0.25, -0.2) is 0 Å². The largest absolute Gasteiger partial charge is 0.493 e. The molecule has 0 atom stereocenters. The van der Waals surface area contributed by atoms with Crippen LogP contribution in [0.5, 0.6) is 11.5 Å². The summed E-state index contributed by atoms with van der Waals surface area (Å²) in [5, 5.41) is 11.8. The van der Waals surface area contributed by atoms with Crippen molar-refractivity contribution in [1.82, 2.24) is 10.2 Å². The van der Waals surface area contributed by atoms with Gasteiger partial charge in [0.25, 0.3) is 11.8 Å². The summed E-state index contributed by atoms with van der Waals surface area (Å²) in [6.07, 6.45) is 2.99. The Hall–Kier alpha value is -3.96. The Labute approximate surface area is 185 Å². The lowest BCUT2D eigenvalue weighted by Gasteiger charge is -2.27. The number of rotatable bonds is 7. The molecule has 1 heterocycles. The van der Waals surface area contributed by atoms with Crippen molar-refractivity contribution >= 4 is 35.2 Å². The Balaban J connectivity index is 1.84. The highest BCUT2D eigenvalue weighted by Gasteiger charge is 2.32. The summed E-state index contributed by atoms with van der Waals surface area (Å²) < 4.78 is 11.2. The lowest BCUT2D eigenvalue weighted by atomic mass is 10.1. The molecule has 1 fully saturated rings. The van der Waals surface area contributed by atoms with Crippen LogP contribution in [-0.4, -0.2) is 35.5 Å². The van der Waals surface area contributed by atoms with Crippen LogP contribution in [0.4, 0.5) is 0 Å². The second-order valence-corrected chi connectivity index (χ2v) is 6.88. The number of carbonyl (C=O) groups excluding carboxylic acids is 2. The molecule has 1 N–H and O–H groups in total. The second kappa shape index (κ2) is 9.69. The van der Waals surface area contributed by atoms with Gasteiger partial charge in [-0.2, -0.15) is 5.26 Å². The number of hydrogen-bond acceptors (Lipinski definition) is 6. The smallest absolute Gasteiger partial charge is 0.265 e. The minimum Gasteiger partial charge on any atom is -0.493 e. The maximum absolute atomic E-state index is 12.7. The minimum atomic E-state index is -0.567. The van der Waals surface area contributed by atoms with Crippen LogP contribution in [0.2, 0.25) is 0 Å². The first-order chi connectivity index (χ1) is 15.0. The van der Waals surface area contributed by atoms with Crippen LogP contribution in [0.15, 0.2) is 60.7 Å². The Morgan fingerprint density at radius 2 is 2.00 bits per heavy atom. The standard InChI is InChI=1S/C23H19N3O4S/c1-3-10-26-22(28)18(21(27)25-23(26)31)11-15-8-9-19(20(12-15)29-2)30-14-17-7-5-4-6-16(17)13-24/h3-9,11-12H,1,10,14H2,2H3,(H,25,27,31). The van der Waals surface area contributed by atoms with E-state index < -0.39 is 11.8 Å². The second-order valence-electron chi connectivity index (χ2n) is 6.49. The molecule has 1 aliphatic heterocycles. The van der Waals surface area contributed by atoms with Crippen LogP contribution < -0.4 is 14.8 Å². The third-order valence-corrected chi connectivity index (χ3v) is 4.84. The van der Waals surface area contributed by atoms with Crippen molar-refractivity contribution in [2.75, 3.05) is 13.7 Å². The van der Waals surface area contributed by atoms with Gasteiger partial charge in [-0.15, -0.1) is 6.58 Å².